The molecule has 0 bridgehead atoms. The third kappa shape index (κ3) is 1.58. The van der Waals surface area contributed by atoms with E-state index in [9.17, 15) is 0 Å². The van der Waals surface area contributed by atoms with Gasteiger partial charge in [0, 0.05) is 6.54 Å². The molecule has 0 radical (unpaired) electrons. The fraction of sp³-hybridized carbons (Fsp3) is 0.533. The maximum Gasteiger partial charge on any atom is 0.124 e. The van der Waals surface area contributed by atoms with Crippen LogP contribution in [0.2, 0.25) is 0 Å². The quantitative estimate of drug-likeness (QED) is 0.761. The highest BCUT2D eigenvalue weighted by molar-refractivity contribution is 6.16. The Labute approximate surface area is 112 Å². The lowest BCUT2D eigenvalue weighted by Gasteiger charge is -2.17. The van der Waals surface area contributed by atoms with E-state index in [4.69, 9.17) is 11.6 Å². The van der Waals surface area contributed by atoms with Gasteiger partial charge in [-0.25, -0.2) is 4.98 Å². The highest BCUT2D eigenvalue weighted by Crippen LogP contribution is 2.62. The van der Waals surface area contributed by atoms with Gasteiger partial charge in [0.25, 0.3) is 0 Å². The molecule has 2 aliphatic carbocycles. The SMILES string of the molecule is ClCc1nc2ccccc2n1CC1(C2CC2)CC1. The third-order valence-corrected chi connectivity index (χ3v) is 4.90. The van der Waals surface area contributed by atoms with E-state index in [-0.39, 0.29) is 0 Å². The molecule has 18 heavy (non-hydrogen) atoms. The molecule has 2 nitrogen and oxygen atoms in total. The summed E-state index contributed by atoms with van der Waals surface area (Å²) < 4.78 is 2.37. The van der Waals surface area contributed by atoms with Crippen LogP contribution in [0.1, 0.15) is 31.5 Å². The molecule has 0 amide bonds. The standard InChI is InChI=1S/C15H17ClN2/c16-9-14-17-12-3-1-2-4-13(12)18(14)10-15(7-8-15)11-5-6-11/h1-4,11H,5-10H2. The summed E-state index contributed by atoms with van der Waals surface area (Å²) in [5.41, 5.74) is 2.92. The maximum absolute atomic E-state index is 6.06. The molecule has 94 valence electrons. The minimum atomic E-state index is 0.509. The minimum Gasteiger partial charge on any atom is -0.326 e. The summed E-state index contributed by atoms with van der Waals surface area (Å²) in [6.07, 6.45) is 5.66. The fourth-order valence-electron chi connectivity index (χ4n) is 3.27. The molecule has 1 aromatic carbocycles. The molecule has 2 aromatic rings. The number of rotatable bonds is 4. The number of para-hydroxylation sites is 2. The van der Waals surface area contributed by atoms with E-state index < -0.39 is 0 Å². The number of alkyl halides is 1. The van der Waals surface area contributed by atoms with Gasteiger partial charge < -0.3 is 4.57 Å². The average Bonchev–Trinajstić information content (AvgIpc) is 3.27. The summed E-state index contributed by atoms with van der Waals surface area (Å²) >= 11 is 6.06. The fourth-order valence-corrected chi connectivity index (χ4v) is 3.47. The van der Waals surface area contributed by atoms with Crippen molar-refractivity contribution in [2.75, 3.05) is 0 Å². The van der Waals surface area contributed by atoms with E-state index in [0.717, 1.165) is 23.8 Å². The Kier molecular flexibility index (Phi) is 2.25. The van der Waals surface area contributed by atoms with Crippen LogP contribution in [-0.4, -0.2) is 9.55 Å². The second-order valence-corrected chi connectivity index (χ2v) is 6.14. The molecule has 0 saturated heterocycles. The van der Waals surface area contributed by atoms with Crippen LogP contribution in [0.25, 0.3) is 11.0 Å². The van der Waals surface area contributed by atoms with Crippen molar-refractivity contribution in [2.45, 2.75) is 38.1 Å². The number of fused-ring (bicyclic) bond motifs is 1. The van der Waals surface area contributed by atoms with Crippen LogP contribution in [0.3, 0.4) is 0 Å². The molecule has 4 rings (SSSR count). The smallest absolute Gasteiger partial charge is 0.124 e. The van der Waals surface area contributed by atoms with Crippen molar-refractivity contribution in [1.82, 2.24) is 9.55 Å². The Morgan fingerprint density at radius 1 is 1.28 bits per heavy atom. The maximum atomic E-state index is 6.06. The van der Waals surface area contributed by atoms with Crippen molar-refractivity contribution in [3.8, 4) is 0 Å². The van der Waals surface area contributed by atoms with Gasteiger partial charge in [-0.1, -0.05) is 12.1 Å². The number of hydrogen-bond acceptors (Lipinski definition) is 1. The van der Waals surface area contributed by atoms with Crippen LogP contribution in [0.15, 0.2) is 24.3 Å². The normalized spacial score (nSPS) is 21.4. The Morgan fingerprint density at radius 2 is 2.06 bits per heavy atom. The van der Waals surface area contributed by atoms with Gasteiger partial charge in [-0.3, -0.25) is 0 Å². The van der Waals surface area contributed by atoms with Crippen LogP contribution < -0.4 is 0 Å². The van der Waals surface area contributed by atoms with Crippen molar-refractivity contribution >= 4 is 22.6 Å². The predicted octanol–water partition coefficient (Wildman–Crippen LogP) is 3.97. The van der Waals surface area contributed by atoms with Gasteiger partial charge in [-0.2, -0.15) is 0 Å². The highest BCUT2D eigenvalue weighted by Gasteiger charge is 2.54. The molecule has 0 atom stereocenters. The zero-order chi connectivity index (χ0) is 12.2. The molecule has 2 saturated carbocycles. The summed E-state index contributed by atoms with van der Waals surface area (Å²) in [4.78, 5) is 4.65. The van der Waals surface area contributed by atoms with Gasteiger partial charge in [0.05, 0.1) is 16.9 Å². The first kappa shape index (κ1) is 10.9. The van der Waals surface area contributed by atoms with Crippen molar-refractivity contribution in [3.63, 3.8) is 0 Å². The number of nitrogens with zero attached hydrogens (tertiary/aromatic N) is 2. The van der Waals surface area contributed by atoms with E-state index in [1.807, 2.05) is 6.07 Å². The van der Waals surface area contributed by atoms with Crippen LogP contribution in [0, 0.1) is 11.3 Å². The van der Waals surface area contributed by atoms with Crippen LogP contribution >= 0.6 is 11.6 Å². The Hall–Kier alpha value is -1.02. The van der Waals surface area contributed by atoms with Crippen molar-refractivity contribution in [2.24, 2.45) is 11.3 Å². The van der Waals surface area contributed by atoms with Crippen molar-refractivity contribution < 1.29 is 0 Å². The number of aromatic nitrogens is 2. The van der Waals surface area contributed by atoms with Gasteiger partial charge in [-0.15, -0.1) is 11.6 Å². The van der Waals surface area contributed by atoms with Crippen molar-refractivity contribution in [1.29, 1.82) is 0 Å². The van der Waals surface area contributed by atoms with E-state index in [0.29, 0.717) is 11.3 Å². The van der Waals surface area contributed by atoms with E-state index in [2.05, 4.69) is 27.8 Å². The van der Waals surface area contributed by atoms with Gasteiger partial charge in [-0.05, 0) is 49.1 Å². The molecule has 1 aromatic heterocycles. The first-order valence-corrected chi connectivity index (χ1v) is 7.36. The van der Waals surface area contributed by atoms with E-state index >= 15 is 0 Å². The van der Waals surface area contributed by atoms with Gasteiger partial charge >= 0.3 is 0 Å². The number of benzene rings is 1. The minimum absolute atomic E-state index is 0.509. The van der Waals surface area contributed by atoms with Gasteiger partial charge in [0.15, 0.2) is 0 Å². The molecular formula is C15H17ClN2. The zero-order valence-corrected chi connectivity index (χ0v) is 11.2. The highest BCUT2D eigenvalue weighted by atomic mass is 35.5. The molecular weight excluding hydrogens is 244 g/mol. The Balaban J connectivity index is 1.78. The van der Waals surface area contributed by atoms with Crippen LogP contribution in [0.5, 0.6) is 0 Å². The first-order chi connectivity index (χ1) is 8.82. The summed E-state index contributed by atoms with van der Waals surface area (Å²) in [6, 6.07) is 8.39. The van der Waals surface area contributed by atoms with Crippen LogP contribution in [0.4, 0.5) is 0 Å². The predicted molar refractivity (Wildman–Crippen MR) is 73.7 cm³/mol. The summed E-state index contributed by atoms with van der Waals surface area (Å²) in [5, 5.41) is 0. The van der Waals surface area contributed by atoms with E-state index in [1.165, 1.54) is 31.2 Å². The summed E-state index contributed by atoms with van der Waals surface area (Å²) in [5.74, 6) is 2.52. The molecule has 2 aliphatic rings. The molecule has 0 spiro atoms. The van der Waals surface area contributed by atoms with Gasteiger partial charge in [0.1, 0.15) is 5.82 Å². The Bertz CT molecular complexity index is 594. The van der Waals surface area contributed by atoms with Crippen molar-refractivity contribution in [3.05, 3.63) is 30.1 Å². The molecule has 0 aliphatic heterocycles. The lowest BCUT2D eigenvalue weighted by Crippen LogP contribution is -2.15. The lowest BCUT2D eigenvalue weighted by molar-refractivity contribution is 0.371. The summed E-state index contributed by atoms with van der Waals surface area (Å²) in [7, 11) is 0. The molecule has 0 unspecified atom stereocenters. The number of halogens is 1. The van der Waals surface area contributed by atoms with E-state index in [1.54, 1.807) is 0 Å². The Morgan fingerprint density at radius 3 is 2.72 bits per heavy atom. The monoisotopic (exact) mass is 260 g/mol. The third-order valence-electron chi connectivity index (χ3n) is 4.66. The summed E-state index contributed by atoms with van der Waals surface area (Å²) in [6.45, 7) is 1.13. The molecule has 2 fully saturated rings. The lowest BCUT2D eigenvalue weighted by atomic mass is 10.0. The van der Waals surface area contributed by atoms with Crippen LogP contribution in [-0.2, 0) is 12.4 Å². The number of imidazole rings is 1. The second-order valence-electron chi connectivity index (χ2n) is 5.87. The number of hydrogen-bond donors (Lipinski definition) is 0. The molecule has 0 N–H and O–H groups in total. The first-order valence-electron chi connectivity index (χ1n) is 6.82. The van der Waals surface area contributed by atoms with Gasteiger partial charge in [0.2, 0.25) is 0 Å². The molecule has 1 heterocycles. The molecule has 3 heteroatoms. The second kappa shape index (κ2) is 3.74. The zero-order valence-electron chi connectivity index (χ0n) is 10.4. The topological polar surface area (TPSA) is 17.8 Å². The average molecular weight is 261 g/mol. The largest absolute Gasteiger partial charge is 0.326 e.